The van der Waals surface area contributed by atoms with E-state index < -0.39 is 0 Å². The highest BCUT2D eigenvalue weighted by molar-refractivity contribution is 8.00. The van der Waals surface area contributed by atoms with Gasteiger partial charge in [-0.15, -0.1) is 0 Å². The molecule has 1 aromatic rings. The molecule has 0 aromatic carbocycles. The quantitative estimate of drug-likeness (QED) is 0.895. The van der Waals surface area contributed by atoms with Crippen LogP contribution in [-0.4, -0.2) is 40.0 Å². The summed E-state index contributed by atoms with van der Waals surface area (Å²) in [5, 5.41) is 4.09. The van der Waals surface area contributed by atoms with Gasteiger partial charge in [-0.3, -0.25) is 4.90 Å². The Kier molecular flexibility index (Phi) is 5.52. The zero-order valence-electron chi connectivity index (χ0n) is 12.2. The van der Waals surface area contributed by atoms with Crippen molar-refractivity contribution in [2.24, 2.45) is 0 Å². The van der Waals surface area contributed by atoms with Gasteiger partial charge in [-0.25, -0.2) is 4.98 Å². The summed E-state index contributed by atoms with van der Waals surface area (Å²) >= 11 is 2.09. The van der Waals surface area contributed by atoms with E-state index in [0.29, 0.717) is 6.04 Å². The largest absolute Gasteiger partial charge is 0.370 e. The summed E-state index contributed by atoms with van der Waals surface area (Å²) in [5.74, 6) is 2.25. The Morgan fingerprint density at radius 3 is 3.11 bits per heavy atom. The SMILES string of the molecule is CCCNc1cc(CN2CCSC(C)C2C)ccn1. The van der Waals surface area contributed by atoms with E-state index in [4.69, 9.17) is 0 Å². The van der Waals surface area contributed by atoms with Crippen LogP contribution in [0.2, 0.25) is 0 Å². The monoisotopic (exact) mass is 279 g/mol. The van der Waals surface area contributed by atoms with Crippen LogP contribution >= 0.6 is 11.8 Å². The summed E-state index contributed by atoms with van der Waals surface area (Å²) in [6.07, 6.45) is 3.05. The standard InChI is InChI=1S/C15H25N3S/c1-4-6-16-15-10-14(5-7-17-15)11-18-8-9-19-13(3)12(18)2/h5,7,10,12-13H,4,6,8-9,11H2,1-3H3,(H,16,17). The summed E-state index contributed by atoms with van der Waals surface area (Å²) in [4.78, 5) is 6.95. The number of hydrogen-bond donors (Lipinski definition) is 1. The maximum absolute atomic E-state index is 4.37. The summed E-state index contributed by atoms with van der Waals surface area (Å²) < 4.78 is 0. The third-order valence-electron chi connectivity index (χ3n) is 3.78. The molecule has 1 aromatic heterocycles. The number of nitrogens with one attached hydrogen (secondary N) is 1. The van der Waals surface area contributed by atoms with Gasteiger partial charge in [0.15, 0.2) is 0 Å². The van der Waals surface area contributed by atoms with Crippen molar-refractivity contribution < 1.29 is 0 Å². The first-order valence-corrected chi connectivity index (χ1v) is 8.30. The molecule has 2 heterocycles. The van der Waals surface area contributed by atoms with Gasteiger partial charge in [-0.05, 0) is 31.0 Å². The van der Waals surface area contributed by atoms with Crippen molar-refractivity contribution in [2.75, 3.05) is 24.2 Å². The summed E-state index contributed by atoms with van der Waals surface area (Å²) in [7, 11) is 0. The molecule has 19 heavy (non-hydrogen) atoms. The van der Waals surface area contributed by atoms with Crippen molar-refractivity contribution in [1.82, 2.24) is 9.88 Å². The highest BCUT2D eigenvalue weighted by atomic mass is 32.2. The van der Waals surface area contributed by atoms with Crippen molar-refractivity contribution in [1.29, 1.82) is 0 Å². The molecule has 1 saturated heterocycles. The Hall–Kier alpha value is -0.740. The molecule has 3 nitrogen and oxygen atoms in total. The number of nitrogens with zero attached hydrogens (tertiary/aromatic N) is 2. The maximum Gasteiger partial charge on any atom is 0.126 e. The van der Waals surface area contributed by atoms with Crippen LogP contribution in [0.5, 0.6) is 0 Å². The Balaban J connectivity index is 1.98. The lowest BCUT2D eigenvalue weighted by Crippen LogP contribution is -2.43. The van der Waals surface area contributed by atoms with E-state index >= 15 is 0 Å². The van der Waals surface area contributed by atoms with Gasteiger partial charge in [0.1, 0.15) is 5.82 Å². The van der Waals surface area contributed by atoms with Crippen LogP contribution in [-0.2, 0) is 6.54 Å². The van der Waals surface area contributed by atoms with Crippen molar-refractivity contribution >= 4 is 17.6 Å². The van der Waals surface area contributed by atoms with Gasteiger partial charge in [-0.1, -0.05) is 13.8 Å². The number of anilines is 1. The van der Waals surface area contributed by atoms with Gasteiger partial charge >= 0.3 is 0 Å². The van der Waals surface area contributed by atoms with Crippen LogP contribution < -0.4 is 5.32 Å². The van der Waals surface area contributed by atoms with E-state index in [9.17, 15) is 0 Å². The molecular formula is C15H25N3S. The van der Waals surface area contributed by atoms with Crippen LogP contribution in [0.1, 0.15) is 32.8 Å². The zero-order chi connectivity index (χ0) is 13.7. The maximum atomic E-state index is 4.37. The predicted octanol–water partition coefficient (Wildman–Crippen LogP) is 3.23. The van der Waals surface area contributed by atoms with E-state index in [2.05, 4.69) is 59.9 Å². The van der Waals surface area contributed by atoms with Crippen molar-refractivity contribution in [3.63, 3.8) is 0 Å². The minimum atomic E-state index is 0.652. The molecule has 0 aliphatic carbocycles. The van der Waals surface area contributed by atoms with E-state index in [1.54, 1.807) is 0 Å². The Morgan fingerprint density at radius 2 is 2.32 bits per heavy atom. The molecule has 0 radical (unpaired) electrons. The highest BCUT2D eigenvalue weighted by Crippen LogP contribution is 2.25. The number of thioether (sulfide) groups is 1. The molecular weight excluding hydrogens is 254 g/mol. The smallest absolute Gasteiger partial charge is 0.126 e. The third kappa shape index (κ3) is 4.11. The van der Waals surface area contributed by atoms with Gasteiger partial charge in [0.25, 0.3) is 0 Å². The number of pyridine rings is 1. The molecule has 2 unspecified atom stereocenters. The van der Waals surface area contributed by atoms with Gasteiger partial charge < -0.3 is 5.32 Å². The average molecular weight is 279 g/mol. The van der Waals surface area contributed by atoms with Gasteiger partial charge in [-0.2, -0.15) is 11.8 Å². The lowest BCUT2D eigenvalue weighted by atomic mass is 10.1. The minimum Gasteiger partial charge on any atom is -0.370 e. The van der Waals surface area contributed by atoms with Crippen molar-refractivity contribution in [2.45, 2.75) is 45.0 Å². The molecule has 106 valence electrons. The highest BCUT2D eigenvalue weighted by Gasteiger charge is 2.24. The second-order valence-corrected chi connectivity index (χ2v) is 6.75. The first kappa shape index (κ1) is 14.7. The first-order valence-electron chi connectivity index (χ1n) is 7.25. The molecule has 1 aliphatic heterocycles. The molecule has 4 heteroatoms. The normalized spacial score (nSPS) is 24.4. The number of rotatable bonds is 5. The molecule has 0 saturated carbocycles. The van der Waals surface area contributed by atoms with Gasteiger partial charge in [0.05, 0.1) is 0 Å². The average Bonchev–Trinajstić information content (AvgIpc) is 2.42. The van der Waals surface area contributed by atoms with Crippen molar-refractivity contribution in [3.05, 3.63) is 23.9 Å². The van der Waals surface area contributed by atoms with E-state index in [-0.39, 0.29) is 0 Å². The fraction of sp³-hybridized carbons (Fsp3) is 0.667. The summed E-state index contributed by atoms with van der Waals surface area (Å²) in [6, 6.07) is 4.98. The zero-order valence-corrected chi connectivity index (χ0v) is 13.0. The Bertz CT molecular complexity index is 397. The Morgan fingerprint density at radius 1 is 1.47 bits per heavy atom. The van der Waals surface area contributed by atoms with E-state index in [1.165, 1.54) is 17.9 Å². The lowest BCUT2D eigenvalue weighted by Gasteiger charge is -2.37. The van der Waals surface area contributed by atoms with Crippen LogP contribution in [0, 0.1) is 0 Å². The summed E-state index contributed by atoms with van der Waals surface area (Å²) in [5.41, 5.74) is 1.36. The Labute approximate surface area is 121 Å². The van der Waals surface area contributed by atoms with Gasteiger partial charge in [0.2, 0.25) is 0 Å². The third-order valence-corrected chi connectivity index (χ3v) is 5.12. The van der Waals surface area contributed by atoms with Crippen LogP contribution in [0.25, 0.3) is 0 Å². The minimum absolute atomic E-state index is 0.652. The number of aromatic nitrogens is 1. The number of hydrogen-bond acceptors (Lipinski definition) is 4. The van der Waals surface area contributed by atoms with Crippen LogP contribution in [0.3, 0.4) is 0 Å². The second-order valence-electron chi connectivity index (χ2n) is 5.26. The summed E-state index contributed by atoms with van der Waals surface area (Å²) in [6.45, 7) is 10.1. The fourth-order valence-corrected chi connectivity index (χ4v) is 3.54. The van der Waals surface area contributed by atoms with Crippen LogP contribution in [0.4, 0.5) is 5.82 Å². The molecule has 1 fully saturated rings. The molecule has 2 rings (SSSR count). The van der Waals surface area contributed by atoms with Crippen molar-refractivity contribution in [3.8, 4) is 0 Å². The van der Waals surface area contributed by atoms with E-state index in [0.717, 1.165) is 30.6 Å². The lowest BCUT2D eigenvalue weighted by molar-refractivity contribution is 0.204. The molecule has 0 spiro atoms. The predicted molar refractivity (Wildman–Crippen MR) is 84.8 cm³/mol. The molecule has 2 atom stereocenters. The first-order chi connectivity index (χ1) is 9.20. The molecule has 1 N–H and O–H groups in total. The second kappa shape index (κ2) is 7.15. The van der Waals surface area contributed by atoms with Gasteiger partial charge in [0, 0.05) is 42.9 Å². The molecule has 1 aliphatic rings. The molecule has 0 bridgehead atoms. The molecule has 0 amide bonds. The topological polar surface area (TPSA) is 28.2 Å². The van der Waals surface area contributed by atoms with E-state index in [1.807, 2.05) is 6.20 Å². The fourth-order valence-electron chi connectivity index (χ4n) is 2.38. The van der Waals surface area contributed by atoms with Crippen LogP contribution in [0.15, 0.2) is 18.3 Å².